The highest BCUT2D eigenvalue weighted by Gasteiger charge is 2.06. The Balaban J connectivity index is 2.28. The van der Waals surface area contributed by atoms with Crippen LogP contribution in [-0.2, 0) is 0 Å². The van der Waals surface area contributed by atoms with Gasteiger partial charge in [-0.25, -0.2) is 0 Å². The summed E-state index contributed by atoms with van der Waals surface area (Å²) in [7, 11) is 0. The summed E-state index contributed by atoms with van der Waals surface area (Å²) in [4.78, 5) is 0. The van der Waals surface area contributed by atoms with Gasteiger partial charge in [0.15, 0.2) is 0 Å². The molecule has 1 aliphatic rings. The third kappa shape index (κ3) is 2.60. The molecule has 15 heavy (non-hydrogen) atoms. The van der Waals surface area contributed by atoms with Crippen molar-refractivity contribution in [2.45, 2.75) is 19.8 Å². The first-order valence-electron chi connectivity index (χ1n) is 5.29. The second-order valence-electron chi connectivity index (χ2n) is 3.68. The van der Waals surface area contributed by atoms with Gasteiger partial charge in [-0.05, 0) is 42.5 Å². The zero-order valence-electron chi connectivity index (χ0n) is 8.83. The van der Waals surface area contributed by atoms with E-state index in [9.17, 15) is 0 Å². The first-order valence-corrected chi connectivity index (χ1v) is 6.09. The van der Waals surface area contributed by atoms with Crippen LogP contribution in [0.1, 0.15) is 25.3 Å². The Morgan fingerprint density at radius 1 is 1.20 bits per heavy atom. The normalized spacial score (nSPS) is 15.9. The van der Waals surface area contributed by atoms with Crippen LogP contribution in [0.3, 0.4) is 0 Å². The van der Waals surface area contributed by atoms with E-state index in [1.165, 1.54) is 16.7 Å². The van der Waals surface area contributed by atoms with E-state index >= 15 is 0 Å². The largest absolute Gasteiger partial charge is 0.0807 e. The van der Waals surface area contributed by atoms with E-state index in [2.05, 4.69) is 65.7 Å². The molecular formula is C14H14Br. The van der Waals surface area contributed by atoms with Crippen LogP contribution in [0.5, 0.6) is 0 Å². The molecule has 1 heteroatoms. The van der Waals surface area contributed by atoms with Crippen molar-refractivity contribution in [3.8, 4) is 0 Å². The Hall–Kier alpha value is -0.820. The van der Waals surface area contributed by atoms with E-state index < -0.39 is 0 Å². The van der Waals surface area contributed by atoms with E-state index in [4.69, 9.17) is 0 Å². The van der Waals surface area contributed by atoms with Gasteiger partial charge in [0, 0.05) is 4.47 Å². The van der Waals surface area contributed by atoms with Gasteiger partial charge < -0.3 is 0 Å². The Kier molecular flexibility index (Phi) is 3.42. The molecule has 0 spiro atoms. The molecule has 0 aliphatic heterocycles. The first-order chi connectivity index (χ1) is 7.29. The number of halogens is 1. The van der Waals surface area contributed by atoms with E-state index in [0.29, 0.717) is 0 Å². The molecule has 0 amide bonds. The van der Waals surface area contributed by atoms with Gasteiger partial charge in [-0.3, -0.25) is 0 Å². The number of hydrogen-bond donors (Lipinski definition) is 0. The van der Waals surface area contributed by atoms with Crippen LogP contribution in [0.15, 0.2) is 46.5 Å². The van der Waals surface area contributed by atoms with Gasteiger partial charge in [0.2, 0.25) is 0 Å². The minimum Gasteiger partial charge on any atom is -0.0807 e. The fourth-order valence-corrected chi connectivity index (χ4v) is 2.01. The SMILES string of the molecule is CCC1=CC[CH]C(c2ccc(Br)cc2)=C1. The molecule has 1 radical (unpaired) electrons. The molecule has 0 saturated heterocycles. The third-order valence-electron chi connectivity index (χ3n) is 2.64. The van der Waals surface area contributed by atoms with E-state index in [1.807, 2.05) is 0 Å². The Morgan fingerprint density at radius 2 is 1.93 bits per heavy atom. The lowest BCUT2D eigenvalue weighted by Crippen LogP contribution is -1.92. The van der Waals surface area contributed by atoms with Gasteiger partial charge in [0.05, 0.1) is 0 Å². The Bertz CT molecular complexity index is 396. The van der Waals surface area contributed by atoms with Gasteiger partial charge >= 0.3 is 0 Å². The molecule has 77 valence electrons. The second-order valence-corrected chi connectivity index (χ2v) is 4.59. The maximum absolute atomic E-state index is 3.45. The van der Waals surface area contributed by atoms with Crippen LogP contribution in [0.4, 0.5) is 0 Å². The predicted molar refractivity (Wildman–Crippen MR) is 69.4 cm³/mol. The summed E-state index contributed by atoms with van der Waals surface area (Å²) in [6.07, 6.45) is 9.04. The van der Waals surface area contributed by atoms with Crippen molar-refractivity contribution < 1.29 is 0 Å². The summed E-state index contributed by atoms with van der Waals surface area (Å²) < 4.78 is 1.13. The first kappa shape index (κ1) is 10.7. The summed E-state index contributed by atoms with van der Waals surface area (Å²) in [5.41, 5.74) is 4.09. The van der Waals surface area contributed by atoms with Crippen molar-refractivity contribution in [2.75, 3.05) is 0 Å². The zero-order valence-corrected chi connectivity index (χ0v) is 10.4. The molecule has 0 saturated carbocycles. The average molecular weight is 262 g/mol. The Morgan fingerprint density at radius 3 is 2.60 bits per heavy atom. The molecule has 2 rings (SSSR count). The molecule has 0 atom stereocenters. The summed E-state index contributed by atoms with van der Waals surface area (Å²) in [6, 6.07) is 8.50. The molecule has 0 bridgehead atoms. The standard InChI is InChI=1S/C14H14Br/c1-2-11-4-3-5-13(10-11)12-6-8-14(15)9-7-12/h4-10H,2-3H2,1H3. The quantitative estimate of drug-likeness (QED) is 0.719. The molecule has 0 nitrogen and oxygen atoms in total. The van der Waals surface area contributed by atoms with Crippen molar-refractivity contribution >= 4 is 21.5 Å². The number of hydrogen-bond acceptors (Lipinski definition) is 0. The molecule has 0 fully saturated rings. The summed E-state index contributed by atoms with van der Waals surface area (Å²) in [6.45, 7) is 2.20. The van der Waals surface area contributed by atoms with Crippen molar-refractivity contribution in [1.82, 2.24) is 0 Å². The lowest BCUT2D eigenvalue weighted by molar-refractivity contribution is 1.10. The number of allylic oxidation sites excluding steroid dienone is 4. The van der Waals surface area contributed by atoms with Crippen molar-refractivity contribution in [2.24, 2.45) is 0 Å². The number of benzene rings is 1. The van der Waals surface area contributed by atoms with Crippen LogP contribution < -0.4 is 0 Å². The lowest BCUT2D eigenvalue weighted by Gasteiger charge is -2.12. The second kappa shape index (κ2) is 4.80. The zero-order chi connectivity index (χ0) is 10.7. The summed E-state index contributed by atoms with van der Waals surface area (Å²) >= 11 is 3.45. The van der Waals surface area contributed by atoms with E-state index in [0.717, 1.165) is 17.3 Å². The molecule has 0 heterocycles. The highest BCUT2D eigenvalue weighted by atomic mass is 79.9. The van der Waals surface area contributed by atoms with Gasteiger partial charge in [-0.2, -0.15) is 0 Å². The molecule has 1 aromatic rings. The summed E-state index contributed by atoms with van der Waals surface area (Å²) in [5.74, 6) is 0. The third-order valence-corrected chi connectivity index (χ3v) is 3.17. The van der Waals surface area contributed by atoms with Gasteiger partial charge in [0.25, 0.3) is 0 Å². The van der Waals surface area contributed by atoms with E-state index in [1.54, 1.807) is 0 Å². The lowest BCUT2D eigenvalue weighted by atomic mass is 9.93. The van der Waals surface area contributed by atoms with Crippen LogP contribution in [0.25, 0.3) is 5.57 Å². The molecule has 0 unspecified atom stereocenters. The monoisotopic (exact) mass is 261 g/mol. The van der Waals surface area contributed by atoms with Crippen molar-refractivity contribution in [3.05, 3.63) is 58.4 Å². The molecule has 1 aliphatic carbocycles. The maximum Gasteiger partial charge on any atom is 0.0175 e. The molecule has 1 aromatic carbocycles. The minimum atomic E-state index is 1.06. The van der Waals surface area contributed by atoms with Crippen LogP contribution in [-0.4, -0.2) is 0 Å². The highest BCUT2D eigenvalue weighted by Crippen LogP contribution is 2.27. The highest BCUT2D eigenvalue weighted by molar-refractivity contribution is 9.10. The van der Waals surface area contributed by atoms with Crippen LogP contribution >= 0.6 is 15.9 Å². The van der Waals surface area contributed by atoms with Crippen LogP contribution in [0, 0.1) is 6.42 Å². The topological polar surface area (TPSA) is 0 Å². The molecule has 0 N–H and O–H groups in total. The number of rotatable bonds is 2. The average Bonchev–Trinajstić information content (AvgIpc) is 2.30. The van der Waals surface area contributed by atoms with Gasteiger partial charge in [-0.1, -0.05) is 52.7 Å². The molecular weight excluding hydrogens is 248 g/mol. The van der Waals surface area contributed by atoms with Crippen molar-refractivity contribution in [1.29, 1.82) is 0 Å². The fourth-order valence-electron chi connectivity index (χ4n) is 1.74. The predicted octanol–water partition coefficient (Wildman–Crippen LogP) is 4.78. The van der Waals surface area contributed by atoms with Crippen LogP contribution in [0.2, 0.25) is 0 Å². The molecule has 0 aromatic heterocycles. The van der Waals surface area contributed by atoms with Crippen molar-refractivity contribution in [3.63, 3.8) is 0 Å². The summed E-state index contributed by atoms with van der Waals surface area (Å²) in [5, 5.41) is 0. The Labute approximate surface area is 99.8 Å². The van der Waals surface area contributed by atoms with Gasteiger partial charge in [0.1, 0.15) is 0 Å². The minimum absolute atomic E-state index is 1.06. The fraction of sp³-hybridized carbons (Fsp3) is 0.214. The van der Waals surface area contributed by atoms with Gasteiger partial charge in [-0.15, -0.1) is 0 Å². The van der Waals surface area contributed by atoms with E-state index in [-0.39, 0.29) is 0 Å². The maximum atomic E-state index is 3.45. The smallest absolute Gasteiger partial charge is 0.0175 e.